The number of hydrogen-bond acceptors (Lipinski definition) is 4. The molecule has 4 aliphatic carbocycles. The van der Waals surface area contributed by atoms with Crippen molar-refractivity contribution in [3.05, 3.63) is 53.2 Å². The molecule has 0 saturated heterocycles. The molecule has 6 atom stereocenters. The smallest absolute Gasteiger partial charge is 0.220 e. The first-order chi connectivity index (χ1) is 15.4. The Morgan fingerprint density at radius 2 is 1.75 bits per heavy atom. The second-order valence-corrected chi connectivity index (χ2v) is 11.1. The summed E-state index contributed by atoms with van der Waals surface area (Å²) in [6.45, 7) is 4.94. The lowest BCUT2D eigenvalue weighted by atomic mass is 9.48. The summed E-state index contributed by atoms with van der Waals surface area (Å²) in [4.78, 5) is 10.0. The van der Waals surface area contributed by atoms with Gasteiger partial charge in [-0.25, -0.2) is 4.98 Å². The average molecular weight is 431 g/mol. The Hall–Kier alpha value is -2.20. The van der Waals surface area contributed by atoms with Crippen molar-refractivity contribution in [2.45, 2.75) is 70.3 Å². The van der Waals surface area contributed by atoms with Crippen molar-refractivity contribution >= 4 is 0 Å². The normalized spacial score (nSPS) is 37.6. The summed E-state index contributed by atoms with van der Waals surface area (Å²) in [5, 5.41) is 10.3. The molecule has 4 aliphatic rings. The number of hydrogen-bond donors (Lipinski definition) is 1. The molecule has 32 heavy (non-hydrogen) atoms. The quantitative estimate of drug-likeness (QED) is 0.640. The van der Waals surface area contributed by atoms with Gasteiger partial charge in [0.1, 0.15) is 0 Å². The fourth-order valence-electron chi connectivity index (χ4n) is 7.86. The zero-order valence-corrected chi connectivity index (χ0v) is 19.5. The van der Waals surface area contributed by atoms with Gasteiger partial charge in [0.25, 0.3) is 0 Å². The molecule has 1 aromatic heterocycles. The molecule has 2 fully saturated rings. The van der Waals surface area contributed by atoms with Crippen LogP contribution in [0.5, 0.6) is 5.88 Å². The SMILES string of the molecule is COc1nc(-c2ccccc2)nc2c1C[C@H]1[C@@H]3CC=C4C[C@@H](O)CC[C@]4(C)[C@H]3CC[C@]21C. The van der Waals surface area contributed by atoms with E-state index in [0.717, 1.165) is 49.4 Å². The highest BCUT2D eigenvalue weighted by atomic mass is 16.5. The van der Waals surface area contributed by atoms with E-state index in [2.05, 4.69) is 32.1 Å². The fraction of sp³-hybridized carbons (Fsp3) is 0.571. The molecule has 4 heteroatoms. The Kier molecular flexibility index (Phi) is 4.56. The molecule has 2 saturated carbocycles. The molecule has 0 aliphatic heterocycles. The third-order valence-electron chi connectivity index (χ3n) is 9.63. The maximum absolute atomic E-state index is 10.3. The van der Waals surface area contributed by atoms with Crippen LogP contribution in [0.25, 0.3) is 11.4 Å². The van der Waals surface area contributed by atoms with Gasteiger partial charge in [0.05, 0.1) is 18.9 Å². The maximum atomic E-state index is 10.3. The number of benzene rings is 1. The van der Waals surface area contributed by atoms with Crippen LogP contribution in [0.3, 0.4) is 0 Å². The van der Waals surface area contributed by atoms with Crippen molar-refractivity contribution in [3.63, 3.8) is 0 Å². The second-order valence-electron chi connectivity index (χ2n) is 11.1. The molecule has 1 N–H and O–H groups in total. The van der Waals surface area contributed by atoms with Crippen LogP contribution in [0.2, 0.25) is 0 Å². The minimum atomic E-state index is -0.147. The summed E-state index contributed by atoms with van der Waals surface area (Å²) in [7, 11) is 1.74. The van der Waals surface area contributed by atoms with Gasteiger partial charge in [0, 0.05) is 16.5 Å². The molecule has 1 heterocycles. The number of aliphatic hydroxyl groups excluding tert-OH is 1. The topological polar surface area (TPSA) is 55.2 Å². The summed E-state index contributed by atoms with van der Waals surface area (Å²) in [6, 6.07) is 10.3. The molecule has 0 spiro atoms. The predicted octanol–water partition coefficient (Wildman–Crippen LogP) is 5.49. The molecule has 6 rings (SSSR count). The number of ether oxygens (including phenoxy) is 1. The average Bonchev–Trinajstić information content (AvgIpc) is 3.12. The Morgan fingerprint density at radius 1 is 0.969 bits per heavy atom. The van der Waals surface area contributed by atoms with E-state index in [1.807, 2.05) is 18.2 Å². The summed E-state index contributed by atoms with van der Waals surface area (Å²) >= 11 is 0. The van der Waals surface area contributed by atoms with E-state index in [1.54, 1.807) is 7.11 Å². The van der Waals surface area contributed by atoms with Crippen LogP contribution in [0, 0.1) is 23.2 Å². The highest BCUT2D eigenvalue weighted by Crippen LogP contribution is 2.64. The third-order valence-corrected chi connectivity index (χ3v) is 9.63. The van der Waals surface area contributed by atoms with Gasteiger partial charge in [-0.2, -0.15) is 4.98 Å². The fourth-order valence-corrected chi connectivity index (χ4v) is 7.86. The standard InChI is InChI=1S/C28H34N2O2/c1-27-13-11-19(31)15-18(27)9-10-20-22(27)12-14-28(2)23(20)16-21-24(28)29-25(30-26(21)32-3)17-7-5-4-6-8-17/h4-9,19-20,22-23,31H,10-16H2,1-3H3/t19-,20+,22-,23-,27-,28-/m0/s1. The molecule has 168 valence electrons. The van der Waals surface area contributed by atoms with Crippen LogP contribution in [0.15, 0.2) is 42.0 Å². The van der Waals surface area contributed by atoms with Crippen molar-refractivity contribution in [1.29, 1.82) is 0 Å². The second kappa shape index (κ2) is 7.15. The Bertz CT molecular complexity index is 1080. The van der Waals surface area contributed by atoms with Gasteiger partial charge in [-0.15, -0.1) is 0 Å². The number of aliphatic hydroxyl groups is 1. The summed E-state index contributed by atoms with van der Waals surface area (Å²) < 4.78 is 5.83. The number of rotatable bonds is 2. The summed E-state index contributed by atoms with van der Waals surface area (Å²) in [5.41, 5.74) is 5.37. The van der Waals surface area contributed by atoms with Gasteiger partial charge < -0.3 is 9.84 Å². The number of allylic oxidation sites excluding steroid dienone is 1. The maximum Gasteiger partial charge on any atom is 0.220 e. The van der Waals surface area contributed by atoms with Crippen LogP contribution in [-0.4, -0.2) is 28.3 Å². The summed E-state index contributed by atoms with van der Waals surface area (Å²) in [5.74, 6) is 3.49. The molecule has 0 amide bonds. The van der Waals surface area contributed by atoms with Gasteiger partial charge >= 0.3 is 0 Å². The minimum absolute atomic E-state index is 0.0755. The molecule has 0 bridgehead atoms. The van der Waals surface area contributed by atoms with Crippen molar-refractivity contribution < 1.29 is 9.84 Å². The first kappa shape index (κ1) is 20.4. The molecular formula is C28H34N2O2. The third kappa shape index (κ3) is 2.78. The largest absolute Gasteiger partial charge is 0.481 e. The lowest BCUT2D eigenvalue weighted by Crippen LogP contribution is -2.51. The van der Waals surface area contributed by atoms with E-state index in [1.165, 1.54) is 29.7 Å². The number of nitrogens with zero attached hydrogens (tertiary/aromatic N) is 2. The molecule has 1 aromatic carbocycles. The lowest BCUT2D eigenvalue weighted by Gasteiger charge is -2.57. The highest BCUT2D eigenvalue weighted by Gasteiger charge is 2.58. The van der Waals surface area contributed by atoms with E-state index in [9.17, 15) is 5.11 Å². The van der Waals surface area contributed by atoms with Gasteiger partial charge in [-0.3, -0.25) is 0 Å². The number of fused-ring (bicyclic) bond motifs is 7. The van der Waals surface area contributed by atoms with E-state index < -0.39 is 0 Å². The van der Waals surface area contributed by atoms with Gasteiger partial charge in [0.15, 0.2) is 5.82 Å². The van der Waals surface area contributed by atoms with E-state index >= 15 is 0 Å². The van der Waals surface area contributed by atoms with E-state index in [-0.39, 0.29) is 16.9 Å². The van der Waals surface area contributed by atoms with Crippen molar-refractivity contribution in [2.24, 2.45) is 23.2 Å². The molecule has 4 nitrogen and oxygen atoms in total. The first-order valence-electron chi connectivity index (χ1n) is 12.3. The molecule has 2 aromatic rings. The van der Waals surface area contributed by atoms with Gasteiger partial charge in [0.2, 0.25) is 5.88 Å². The van der Waals surface area contributed by atoms with E-state index in [0.29, 0.717) is 17.8 Å². The van der Waals surface area contributed by atoms with Crippen molar-refractivity contribution in [1.82, 2.24) is 9.97 Å². The number of methoxy groups -OCH3 is 1. The molecular weight excluding hydrogens is 396 g/mol. The Labute approximate surface area is 191 Å². The van der Waals surface area contributed by atoms with E-state index in [4.69, 9.17) is 14.7 Å². The molecule has 0 radical (unpaired) electrons. The summed E-state index contributed by atoms with van der Waals surface area (Å²) in [6.07, 6.45) is 9.87. The zero-order valence-electron chi connectivity index (χ0n) is 19.5. The Morgan fingerprint density at radius 3 is 2.53 bits per heavy atom. The van der Waals surface area contributed by atoms with Gasteiger partial charge in [-0.05, 0) is 68.1 Å². The predicted molar refractivity (Wildman–Crippen MR) is 125 cm³/mol. The first-order valence-corrected chi connectivity index (χ1v) is 12.3. The number of aromatic nitrogens is 2. The molecule has 0 unspecified atom stereocenters. The monoisotopic (exact) mass is 430 g/mol. The zero-order chi connectivity index (χ0) is 22.1. The van der Waals surface area contributed by atoms with Crippen molar-refractivity contribution in [3.8, 4) is 17.3 Å². The minimum Gasteiger partial charge on any atom is -0.481 e. The van der Waals surface area contributed by atoms with Crippen LogP contribution in [0.4, 0.5) is 0 Å². The van der Waals surface area contributed by atoms with Crippen LogP contribution >= 0.6 is 0 Å². The lowest BCUT2D eigenvalue weighted by molar-refractivity contribution is -0.0169. The van der Waals surface area contributed by atoms with Crippen LogP contribution in [-0.2, 0) is 11.8 Å². The highest BCUT2D eigenvalue weighted by molar-refractivity contribution is 5.58. The van der Waals surface area contributed by atoms with Crippen molar-refractivity contribution in [2.75, 3.05) is 7.11 Å². The Balaban J connectivity index is 1.41. The van der Waals surface area contributed by atoms with Gasteiger partial charge in [-0.1, -0.05) is 55.8 Å². The van der Waals surface area contributed by atoms with Crippen LogP contribution < -0.4 is 4.74 Å². The van der Waals surface area contributed by atoms with Crippen LogP contribution in [0.1, 0.15) is 63.6 Å².